The molecule has 2 aromatic heterocycles. The van der Waals surface area contributed by atoms with Crippen molar-refractivity contribution in [2.75, 3.05) is 11.9 Å². The smallest absolute Gasteiger partial charge is 0.263 e. The van der Waals surface area contributed by atoms with Gasteiger partial charge in [0, 0.05) is 16.6 Å². The average molecular weight is 476 g/mol. The lowest BCUT2D eigenvalue weighted by Crippen LogP contribution is -2.28. The molecule has 1 N–H and O–H groups in total. The van der Waals surface area contributed by atoms with E-state index < -0.39 is 0 Å². The van der Waals surface area contributed by atoms with Crippen LogP contribution in [0.1, 0.15) is 38.3 Å². The minimum Gasteiger partial charge on any atom is -0.494 e. The van der Waals surface area contributed by atoms with Gasteiger partial charge in [-0.25, -0.2) is 4.98 Å². The number of aryl methyl sites for hydroxylation is 2. The number of fused-ring (bicyclic) bond motifs is 1. The fourth-order valence-corrected chi connectivity index (χ4v) is 4.89. The number of amides is 1. The Balaban J connectivity index is 1.61. The molecule has 4 aromatic rings. The number of nitrogens with one attached hydrogen (secondary N) is 1. The first-order valence-electron chi connectivity index (χ1n) is 11.7. The molecule has 1 amide bonds. The molecular weight excluding hydrogens is 446 g/mol. The lowest BCUT2D eigenvalue weighted by atomic mass is 10.0. The van der Waals surface area contributed by atoms with Gasteiger partial charge >= 0.3 is 0 Å². The predicted molar refractivity (Wildman–Crippen MR) is 139 cm³/mol. The van der Waals surface area contributed by atoms with E-state index in [1.165, 1.54) is 22.2 Å². The summed E-state index contributed by atoms with van der Waals surface area (Å²) in [6.45, 7) is 6.76. The summed E-state index contributed by atoms with van der Waals surface area (Å²) in [5, 5.41) is 5.50. The third-order valence-electron chi connectivity index (χ3n) is 5.78. The van der Waals surface area contributed by atoms with E-state index in [9.17, 15) is 9.59 Å². The van der Waals surface area contributed by atoms with Crippen molar-refractivity contribution >= 4 is 33.1 Å². The number of aromatic nitrogens is 2. The number of carbonyl (C=O) groups is 1. The standard InChI is InChI=1S/C27H29N3O3S/c1-4-14-33-21-12-10-20(11-13-21)22-16-34-26-24(22)27(32)30(17-28-26)15-23(31)29-25-18(5-2)8-7-9-19(25)6-3/h7-13,16-17H,4-6,14-15H2,1-3H3,(H,29,31). The zero-order chi connectivity index (χ0) is 24.1. The Hall–Kier alpha value is -3.45. The Labute approximate surface area is 203 Å². The summed E-state index contributed by atoms with van der Waals surface area (Å²) < 4.78 is 7.05. The maximum atomic E-state index is 13.4. The van der Waals surface area contributed by atoms with Crippen LogP contribution in [0.5, 0.6) is 5.75 Å². The molecule has 0 spiro atoms. The summed E-state index contributed by atoms with van der Waals surface area (Å²) in [6, 6.07) is 13.8. The van der Waals surface area contributed by atoms with Crippen molar-refractivity contribution in [3.8, 4) is 16.9 Å². The molecule has 0 aliphatic heterocycles. The van der Waals surface area contributed by atoms with Crippen LogP contribution in [0.2, 0.25) is 0 Å². The van der Waals surface area contributed by atoms with E-state index in [1.807, 2.05) is 47.8 Å². The normalized spacial score (nSPS) is 11.0. The average Bonchev–Trinajstić information content (AvgIpc) is 3.30. The van der Waals surface area contributed by atoms with E-state index in [-0.39, 0.29) is 18.0 Å². The molecule has 0 saturated heterocycles. The Kier molecular flexibility index (Phi) is 7.43. The van der Waals surface area contributed by atoms with Crippen LogP contribution < -0.4 is 15.6 Å². The molecule has 7 heteroatoms. The quantitative estimate of drug-likeness (QED) is 0.338. The van der Waals surface area contributed by atoms with Crippen LogP contribution in [-0.4, -0.2) is 22.1 Å². The summed E-state index contributed by atoms with van der Waals surface area (Å²) in [5.41, 5.74) is 4.53. The lowest BCUT2D eigenvalue weighted by molar-refractivity contribution is -0.116. The van der Waals surface area contributed by atoms with E-state index in [0.29, 0.717) is 16.8 Å². The molecule has 0 saturated carbocycles. The second-order valence-electron chi connectivity index (χ2n) is 8.09. The SMILES string of the molecule is CCCOc1ccc(-c2csc3ncn(CC(=O)Nc4c(CC)cccc4CC)c(=O)c23)cc1. The minimum atomic E-state index is -0.243. The van der Waals surface area contributed by atoms with Crippen LogP contribution in [0.15, 0.2) is 59.0 Å². The van der Waals surface area contributed by atoms with Gasteiger partial charge in [0.25, 0.3) is 5.56 Å². The zero-order valence-electron chi connectivity index (χ0n) is 19.8. The van der Waals surface area contributed by atoms with Gasteiger partial charge in [-0.3, -0.25) is 14.2 Å². The maximum Gasteiger partial charge on any atom is 0.263 e. The van der Waals surface area contributed by atoms with E-state index in [0.717, 1.165) is 53.0 Å². The molecular formula is C27H29N3O3S. The van der Waals surface area contributed by atoms with Gasteiger partial charge in [-0.1, -0.05) is 51.1 Å². The third-order valence-corrected chi connectivity index (χ3v) is 6.66. The van der Waals surface area contributed by atoms with Gasteiger partial charge in [0.2, 0.25) is 5.91 Å². The summed E-state index contributed by atoms with van der Waals surface area (Å²) in [4.78, 5) is 31.4. The summed E-state index contributed by atoms with van der Waals surface area (Å²) in [7, 11) is 0. The molecule has 176 valence electrons. The number of hydrogen-bond acceptors (Lipinski definition) is 5. The fraction of sp³-hybridized carbons (Fsp3) is 0.296. The number of nitrogens with zero attached hydrogens (tertiary/aromatic N) is 2. The van der Waals surface area contributed by atoms with Gasteiger partial charge in [-0.2, -0.15) is 0 Å². The van der Waals surface area contributed by atoms with Gasteiger partial charge in [-0.15, -0.1) is 11.3 Å². The molecule has 0 atom stereocenters. The van der Waals surface area contributed by atoms with Crippen molar-refractivity contribution in [2.45, 2.75) is 46.6 Å². The number of benzene rings is 2. The highest BCUT2D eigenvalue weighted by Crippen LogP contribution is 2.31. The molecule has 2 heterocycles. The Morgan fingerprint density at radius 3 is 2.41 bits per heavy atom. The van der Waals surface area contributed by atoms with Gasteiger partial charge in [0.05, 0.1) is 18.3 Å². The number of carbonyl (C=O) groups excluding carboxylic acids is 1. The molecule has 34 heavy (non-hydrogen) atoms. The number of para-hydroxylation sites is 1. The summed E-state index contributed by atoms with van der Waals surface area (Å²) in [5.74, 6) is 0.559. The molecule has 0 aliphatic carbocycles. The van der Waals surface area contributed by atoms with E-state index in [4.69, 9.17) is 4.74 Å². The van der Waals surface area contributed by atoms with Crippen molar-refractivity contribution < 1.29 is 9.53 Å². The van der Waals surface area contributed by atoms with E-state index in [1.54, 1.807) is 0 Å². The highest BCUT2D eigenvalue weighted by Gasteiger charge is 2.16. The van der Waals surface area contributed by atoms with Crippen LogP contribution in [-0.2, 0) is 24.2 Å². The highest BCUT2D eigenvalue weighted by atomic mass is 32.1. The number of hydrogen-bond donors (Lipinski definition) is 1. The summed E-state index contributed by atoms with van der Waals surface area (Å²) in [6.07, 6.45) is 4.03. The molecule has 0 fully saturated rings. The largest absolute Gasteiger partial charge is 0.494 e. The molecule has 2 aromatic carbocycles. The third kappa shape index (κ3) is 4.89. The first-order chi connectivity index (χ1) is 16.5. The predicted octanol–water partition coefficient (Wildman–Crippen LogP) is 5.68. The highest BCUT2D eigenvalue weighted by molar-refractivity contribution is 7.17. The number of thiophene rings is 1. The Bertz CT molecular complexity index is 1330. The molecule has 4 rings (SSSR count). The number of anilines is 1. The maximum absolute atomic E-state index is 13.4. The van der Waals surface area contributed by atoms with Crippen LogP contribution in [0.4, 0.5) is 5.69 Å². The number of ether oxygens (including phenoxy) is 1. The van der Waals surface area contributed by atoms with Gasteiger partial charge in [-0.05, 0) is 48.1 Å². The van der Waals surface area contributed by atoms with Crippen LogP contribution in [0, 0.1) is 0 Å². The lowest BCUT2D eigenvalue weighted by Gasteiger charge is -2.15. The van der Waals surface area contributed by atoms with E-state index >= 15 is 0 Å². The van der Waals surface area contributed by atoms with Crippen molar-refractivity contribution in [1.82, 2.24) is 9.55 Å². The van der Waals surface area contributed by atoms with Crippen molar-refractivity contribution in [3.05, 3.63) is 75.7 Å². The molecule has 0 bridgehead atoms. The Morgan fingerprint density at radius 1 is 1.06 bits per heavy atom. The molecule has 6 nitrogen and oxygen atoms in total. The van der Waals surface area contributed by atoms with Crippen LogP contribution in [0.3, 0.4) is 0 Å². The first-order valence-corrected chi connectivity index (χ1v) is 12.5. The monoisotopic (exact) mass is 475 g/mol. The van der Waals surface area contributed by atoms with E-state index in [2.05, 4.69) is 31.1 Å². The van der Waals surface area contributed by atoms with Gasteiger partial charge < -0.3 is 10.1 Å². The van der Waals surface area contributed by atoms with Gasteiger partial charge in [0.15, 0.2) is 0 Å². The topological polar surface area (TPSA) is 73.2 Å². The fourth-order valence-electron chi connectivity index (χ4n) is 3.98. The van der Waals surface area contributed by atoms with Gasteiger partial charge in [0.1, 0.15) is 17.1 Å². The summed E-state index contributed by atoms with van der Waals surface area (Å²) >= 11 is 1.42. The second-order valence-corrected chi connectivity index (χ2v) is 8.94. The number of rotatable bonds is 9. The molecule has 0 aliphatic rings. The second kappa shape index (κ2) is 10.7. The van der Waals surface area contributed by atoms with Crippen molar-refractivity contribution in [1.29, 1.82) is 0 Å². The zero-order valence-corrected chi connectivity index (χ0v) is 20.6. The molecule has 0 radical (unpaired) electrons. The van der Waals surface area contributed by atoms with Crippen LogP contribution >= 0.6 is 11.3 Å². The molecule has 0 unspecified atom stereocenters. The first kappa shape index (κ1) is 23.7. The van der Waals surface area contributed by atoms with Crippen molar-refractivity contribution in [3.63, 3.8) is 0 Å². The van der Waals surface area contributed by atoms with Crippen LogP contribution in [0.25, 0.3) is 21.3 Å². The van der Waals surface area contributed by atoms with Crippen molar-refractivity contribution in [2.24, 2.45) is 0 Å². The minimum absolute atomic E-state index is 0.0952. The Morgan fingerprint density at radius 2 is 1.76 bits per heavy atom.